The van der Waals surface area contributed by atoms with E-state index in [0.29, 0.717) is 40.0 Å². The lowest BCUT2D eigenvalue weighted by atomic mass is 9.50. The number of fused-ring (bicyclic) bond motifs is 11. The van der Waals surface area contributed by atoms with Crippen LogP contribution in [0.1, 0.15) is 120 Å². The number of anilines is 1. The molecule has 3 atom stereocenters. The van der Waals surface area contributed by atoms with E-state index < -0.39 is 34.7 Å². The molecule has 6 heterocycles. The summed E-state index contributed by atoms with van der Waals surface area (Å²) in [6.07, 6.45) is 4.22. The number of likely N-dealkylation sites (N-methyl/N-ethyl adjacent to an activating group) is 1. The van der Waals surface area contributed by atoms with Crippen LogP contribution in [0.4, 0.5) is 5.69 Å². The lowest BCUT2D eigenvalue weighted by Gasteiger charge is -2.58. The topological polar surface area (TPSA) is 195 Å². The quantitative estimate of drug-likeness (QED) is 0.101. The number of aliphatic carboxylic acids is 2. The number of aromatic nitrogens is 4. The third-order valence-corrected chi connectivity index (χ3v) is 13.5. The van der Waals surface area contributed by atoms with Crippen molar-refractivity contribution in [2.45, 2.75) is 96.9 Å². The molecule has 1 aromatic carbocycles. The molecule has 0 saturated carbocycles. The van der Waals surface area contributed by atoms with Gasteiger partial charge in [-0.25, -0.2) is 4.98 Å². The Morgan fingerprint density at radius 2 is 1.55 bits per heavy atom. The lowest BCUT2D eigenvalue weighted by molar-refractivity contribution is -0.137. The third kappa shape index (κ3) is 5.33. The molecular formula is C46H48N6O6. The van der Waals surface area contributed by atoms with Gasteiger partial charge in [-0.15, -0.1) is 0 Å². The van der Waals surface area contributed by atoms with E-state index in [1.807, 2.05) is 45.2 Å². The van der Waals surface area contributed by atoms with Crippen molar-refractivity contribution in [2.24, 2.45) is 5.73 Å². The van der Waals surface area contributed by atoms with E-state index in [2.05, 4.69) is 54.7 Å². The van der Waals surface area contributed by atoms with Crippen molar-refractivity contribution in [1.29, 1.82) is 0 Å². The Morgan fingerprint density at radius 3 is 2.19 bits per heavy atom. The fourth-order valence-electron chi connectivity index (χ4n) is 10.7. The van der Waals surface area contributed by atoms with E-state index in [-0.39, 0.29) is 25.7 Å². The zero-order valence-electron chi connectivity index (χ0n) is 33.9. The maximum Gasteiger partial charge on any atom is 0.303 e. The van der Waals surface area contributed by atoms with Crippen LogP contribution in [0, 0.1) is 13.8 Å². The van der Waals surface area contributed by atoms with Crippen molar-refractivity contribution in [3.63, 3.8) is 0 Å². The molecule has 8 bridgehead atoms. The number of allylic oxidation sites excluding steroid dienone is 2. The first-order valence-corrected chi connectivity index (χ1v) is 19.9. The summed E-state index contributed by atoms with van der Waals surface area (Å²) >= 11 is 0. The molecule has 3 unspecified atom stereocenters. The van der Waals surface area contributed by atoms with Gasteiger partial charge in [-0.1, -0.05) is 20.8 Å². The number of aldehydes is 1. The summed E-state index contributed by atoms with van der Waals surface area (Å²) in [5, 5.41) is 19.6. The number of rotatable bonds is 10. The summed E-state index contributed by atoms with van der Waals surface area (Å²) < 4.78 is 0. The van der Waals surface area contributed by atoms with Crippen molar-refractivity contribution in [2.75, 3.05) is 11.9 Å². The van der Waals surface area contributed by atoms with Crippen molar-refractivity contribution in [3.8, 4) is 0 Å². The van der Waals surface area contributed by atoms with Gasteiger partial charge >= 0.3 is 11.9 Å². The van der Waals surface area contributed by atoms with E-state index in [1.54, 1.807) is 6.07 Å². The van der Waals surface area contributed by atoms with Gasteiger partial charge in [0, 0.05) is 64.3 Å². The molecule has 0 fully saturated rings. The summed E-state index contributed by atoms with van der Waals surface area (Å²) in [5.74, 6) is -2.45. The Morgan fingerprint density at radius 1 is 0.897 bits per heavy atom. The molecule has 4 aromatic rings. The van der Waals surface area contributed by atoms with Crippen LogP contribution in [-0.2, 0) is 38.1 Å². The molecule has 8 rings (SSSR count). The van der Waals surface area contributed by atoms with Crippen LogP contribution >= 0.6 is 0 Å². The minimum Gasteiger partial charge on any atom is -0.481 e. The van der Waals surface area contributed by atoms with Crippen molar-refractivity contribution < 1.29 is 29.4 Å². The van der Waals surface area contributed by atoms with Gasteiger partial charge in [0.1, 0.15) is 6.29 Å². The Hall–Kier alpha value is -6.30. The zero-order chi connectivity index (χ0) is 41.6. The van der Waals surface area contributed by atoms with E-state index >= 15 is 0 Å². The van der Waals surface area contributed by atoms with Crippen LogP contribution < -0.4 is 10.6 Å². The molecule has 1 amide bonds. The Balaban J connectivity index is 1.62. The summed E-state index contributed by atoms with van der Waals surface area (Å²) in [4.78, 5) is 70.4. The number of H-pyrrole nitrogens is 2. The first-order valence-electron chi connectivity index (χ1n) is 19.9. The third-order valence-electron chi connectivity index (χ3n) is 13.5. The molecule has 12 heteroatoms. The number of nitrogens with one attached hydrogen (secondary N) is 2. The van der Waals surface area contributed by atoms with Crippen LogP contribution in [0.15, 0.2) is 42.0 Å². The number of aryl methyl sites for hydroxylation is 4. The molecule has 3 aliphatic heterocycles. The minimum atomic E-state index is -0.953. The number of carbonyl (C=O) groups is 4. The van der Waals surface area contributed by atoms with Gasteiger partial charge < -0.3 is 30.8 Å². The summed E-state index contributed by atoms with van der Waals surface area (Å²) in [5.41, 5.74) is 19.2. The molecule has 298 valence electrons. The number of nitrogens with zero attached hydrogens (tertiary/aromatic N) is 3. The summed E-state index contributed by atoms with van der Waals surface area (Å²) in [6.45, 7) is 12.4. The Bertz CT molecular complexity index is 2750. The Kier molecular flexibility index (Phi) is 9.09. The van der Waals surface area contributed by atoms with Crippen LogP contribution in [0.25, 0.3) is 39.3 Å². The maximum atomic E-state index is 13.8. The molecule has 1 aliphatic carbocycles. The van der Waals surface area contributed by atoms with Crippen LogP contribution in [0.3, 0.4) is 0 Å². The highest BCUT2D eigenvalue weighted by atomic mass is 16.4. The van der Waals surface area contributed by atoms with Gasteiger partial charge in [0.2, 0.25) is 5.91 Å². The molecule has 6 N–H and O–H groups in total. The van der Waals surface area contributed by atoms with Crippen LogP contribution in [-0.4, -0.2) is 67.4 Å². The van der Waals surface area contributed by atoms with Crippen molar-refractivity contribution in [3.05, 3.63) is 104 Å². The lowest BCUT2D eigenvalue weighted by Crippen LogP contribution is -2.64. The normalized spacial score (nSPS) is 20.5. The summed E-state index contributed by atoms with van der Waals surface area (Å²) in [7, 11) is 1.95. The standard InChI is InChI=1S/C46H48N6O6/c1-8-26-22(3)33-20-38-46(9-2)31-16-25(21-53)10-13-37(31)52(7)43-30(44(47)58)17-29(42(51-38)45(43,46)6)41-24(5)28(12-15-40(56)57)36(50-41)19-35-27(11-14-39(54)55)23(4)32(48-35)18-34(26)49-33/h10,13,16-21,43,48-49H,8-9,11-12,14-15H2,1-7H3,(H2,47,58)(H,54,55)(H,56,57). The van der Waals surface area contributed by atoms with Crippen LogP contribution in [0.5, 0.6) is 0 Å². The smallest absolute Gasteiger partial charge is 0.303 e. The minimum absolute atomic E-state index is 0.0770. The fraction of sp³-hybridized carbons (Fsp3) is 0.348. The van der Waals surface area contributed by atoms with Gasteiger partial charge in [-0.3, -0.25) is 24.2 Å². The first-order chi connectivity index (χ1) is 27.6. The number of carboxylic acids is 2. The molecule has 0 spiro atoms. The number of hydrogen-bond donors (Lipinski definition) is 5. The van der Waals surface area contributed by atoms with Gasteiger partial charge in [0.15, 0.2) is 0 Å². The number of nitrogens with two attached hydrogens (primary N) is 1. The van der Waals surface area contributed by atoms with Gasteiger partial charge in [-0.2, -0.15) is 0 Å². The second-order valence-corrected chi connectivity index (χ2v) is 16.2. The van der Waals surface area contributed by atoms with Crippen LogP contribution in [0.2, 0.25) is 0 Å². The fourth-order valence-corrected chi connectivity index (χ4v) is 10.7. The number of benzene rings is 1. The van der Waals surface area contributed by atoms with Crippen molar-refractivity contribution in [1.82, 2.24) is 19.9 Å². The number of primary amides is 1. The van der Waals surface area contributed by atoms with E-state index in [9.17, 15) is 29.4 Å². The number of carbonyl (C=O) groups excluding carboxylic acids is 2. The first kappa shape index (κ1) is 38.6. The van der Waals surface area contributed by atoms with E-state index in [1.165, 1.54) is 0 Å². The van der Waals surface area contributed by atoms with E-state index in [0.717, 1.165) is 85.3 Å². The highest BCUT2D eigenvalue weighted by Crippen LogP contribution is 2.64. The molecule has 0 radical (unpaired) electrons. The van der Waals surface area contributed by atoms with Gasteiger partial charge in [-0.05, 0) is 128 Å². The average molecular weight is 781 g/mol. The average Bonchev–Trinajstić information content (AvgIpc) is 3.84. The molecule has 4 aliphatic rings. The number of aromatic amines is 2. The second-order valence-electron chi connectivity index (χ2n) is 16.2. The maximum absolute atomic E-state index is 13.8. The zero-order valence-corrected chi connectivity index (χ0v) is 33.9. The van der Waals surface area contributed by atoms with Gasteiger partial charge in [0.05, 0.1) is 39.6 Å². The molecule has 12 nitrogen and oxygen atoms in total. The highest BCUT2D eigenvalue weighted by molar-refractivity contribution is 6.04. The van der Waals surface area contributed by atoms with Crippen molar-refractivity contribution >= 4 is 69.1 Å². The highest BCUT2D eigenvalue weighted by Gasteiger charge is 2.66. The number of hydrogen-bond acceptors (Lipinski definition) is 7. The largest absolute Gasteiger partial charge is 0.481 e. The summed E-state index contributed by atoms with van der Waals surface area (Å²) in [6, 6.07) is 11.2. The Labute approximate surface area is 335 Å². The van der Waals surface area contributed by atoms with Gasteiger partial charge in [0.25, 0.3) is 0 Å². The number of carboxylic acid groups (broad SMARTS) is 2. The predicted molar refractivity (Wildman–Crippen MR) is 225 cm³/mol. The predicted octanol–water partition coefficient (Wildman–Crippen LogP) is 7.47. The second kappa shape index (κ2) is 13.7. The molecule has 58 heavy (non-hydrogen) atoms. The molecule has 3 aromatic heterocycles. The SMILES string of the molecule is CCc1c(C)c2cc3nc4c(c5nc(cc6[nH]c(cc1[nH]2)c(C)c6CCC(=O)O)C(CCC(=O)O)=C5C)C=C(C(N)=O)C1N(C)c2ccc(C=O)cc2C3(CC)C41C. The molecular weight excluding hydrogens is 733 g/mol. The number of amides is 1. The molecule has 0 saturated heterocycles. The monoisotopic (exact) mass is 780 g/mol. The van der Waals surface area contributed by atoms with E-state index in [4.69, 9.17) is 15.7 Å².